The van der Waals surface area contributed by atoms with Gasteiger partial charge in [0.15, 0.2) is 0 Å². The molecule has 8 heteroatoms. The van der Waals surface area contributed by atoms with E-state index in [1.54, 1.807) is 0 Å². The molecular weight excluding hydrogens is 404 g/mol. The van der Waals surface area contributed by atoms with Crippen molar-refractivity contribution in [3.8, 4) is 0 Å². The highest BCUT2D eigenvalue weighted by atomic mass is 35.5. The molecule has 0 saturated heterocycles. The zero-order valence-electron chi connectivity index (χ0n) is 9.16. The summed E-state index contributed by atoms with van der Waals surface area (Å²) in [6, 6.07) is 0. The SMILES string of the molecule is ClC(Cl)C1(C(Cl)Cl)CCCCC1(C(Cl)Cl)C(Cl)Cl. The van der Waals surface area contributed by atoms with Crippen LogP contribution in [0.1, 0.15) is 25.7 Å². The van der Waals surface area contributed by atoms with Crippen molar-refractivity contribution < 1.29 is 0 Å². The van der Waals surface area contributed by atoms with Crippen LogP contribution in [-0.2, 0) is 0 Å². The first kappa shape index (κ1) is 18.4. The van der Waals surface area contributed by atoms with Crippen LogP contribution in [-0.4, -0.2) is 19.3 Å². The first-order valence-electron chi connectivity index (χ1n) is 5.36. The number of alkyl halides is 8. The molecule has 1 fully saturated rings. The lowest BCUT2D eigenvalue weighted by Gasteiger charge is -2.56. The number of halogens is 8. The van der Waals surface area contributed by atoms with Crippen LogP contribution in [0.3, 0.4) is 0 Å². The summed E-state index contributed by atoms with van der Waals surface area (Å²) in [5.74, 6) is 0. The highest BCUT2D eigenvalue weighted by Gasteiger charge is 2.65. The molecule has 0 aromatic heterocycles. The molecule has 0 bridgehead atoms. The Bertz CT molecular complexity index is 231. The second kappa shape index (κ2) is 7.05. The van der Waals surface area contributed by atoms with Gasteiger partial charge in [0.1, 0.15) is 19.3 Å². The molecule has 18 heavy (non-hydrogen) atoms. The zero-order chi connectivity index (χ0) is 14.1. The maximum Gasteiger partial charge on any atom is 0.116 e. The summed E-state index contributed by atoms with van der Waals surface area (Å²) in [6.45, 7) is 0. The Kier molecular flexibility index (Phi) is 7.20. The summed E-state index contributed by atoms with van der Waals surface area (Å²) < 4.78 is 0. The average Bonchev–Trinajstić information content (AvgIpc) is 2.27. The summed E-state index contributed by atoms with van der Waals surface area (Å²) in [5, 5.41) is 0. The van der Waals surface area contributed by atoms with Crippen LogP contribution in [0.5, 0.6) is 0 Å². The van der Waals surface area contributed by atoms with Crippen molar-refractivity contribution in [3.05, 3.63) is 0 Å². The minimum atomic E-state index is -0.931. The molecule has 108 valence electrons. The van der Waals surface area contributed by atoms with E-state index in [4.69, 9.17) is 92.8 Å². The van der Waals surface area contributed by atoms with Gasteiger partial charge in [0.05, 0.1) is 0 Å². The zero-order valence-corrected chi connectivity index (χ0v) is 15.2. The Morgan fingerprint density at radius 2 is 0.722 bits per heavy atom. The van der Waals surface area contributed by atoms with Gasteiger partial charge in [0.25, 0.3) is 0 Å². The van der Waals surface area contributed by atoms with Crippen LogP contribution in [0.4, 0.5) is 0 Å². The van der Waals surface area contributed by atoms with E-state index >= 15 is 0 Å². The monoisotopic (exact) mass is 412 g/mol. The minimum Gasteiger partial charge on any atom is -0.105 e. The number of rotatable bonds is 4. The predicted octanol–water partition coefficient (Wildman–Crippen LogP) is 6.75. The molecule has 0 aromatic carbocycles. The molecule has 1 aliphatic rings. The fourth-order valence-electron chi connectivity index (χ4n) is 2.74. The lowest BCUT2D eigenvalue weighted by atomic mass is 9.58. The van der Waals surface area contributed by atoms with E-state index in [0.717, 1.165) is 12.8 Å². The maximum absolute atomic E-state index is 6.14. The van der Waals surface area contributed by atoms with Gasteiger partial charge in [-0.15, -0.1) is 92.8 Å². The highest BCUT2D eigenvalue weighted by Crippen LogP contribution is 2.65. The van der Waals surface area contributed by atoms with Crippen molar-refractivity contribution in [2.45, 2.75) is 45.0 Å². The quantitative estimate of drug-likeness (QED) is 0.445. The summed E-state index contributed by atoms with van der Waals surface area (Å²) in [7, 11) is 0. The molecule has 1 aliphatic carbocycles. The van der Waals surface area contributed by atoms with Crippen LogP contribution >= 0.6 is 92.8 Å². The third-order valence-corrected chi connectivity index (χ3v) is 6.97. The fourth-order valence-corrected chi connectivity index (χ4v) is 6.76. The molecule has 1 rings (SSSR count). The van der Waals surface area contributed by atoms with E-state index in [0.29, 0.717) is 12.8 Å². The third-order valence-electron chi connectivity index (χ3n) is 3.86. The van der Waals surface area contributed by atoms with Crippen LogP contribution in [0.2, 0.25) is 0 Å². The first-order chi connectivity index (χ1) is 8.23. The molecule has 0 amide bonds. The van der Waals surface area contributed by atoms with Crippen molar-refractivity contribution in [1.82, 2.24) is 0 Å². The van der Waals surface area contributed by atoms with Crippen LogP contribution in [0.15, 0.2) is 0 Å². The lowest BCUT2D eigenvalue weighted by Crippen LogP contribution is -2.59. The minimum absolute atomic E-state index is 0.578. The third kappa shape index (κ3) is 2.80. The number of hydrogen-bond acceptors (Lipinski definition) is 0. The van der Waals surface area contributed by atoms with Crippen LogP contribution in [0, 0.1) is 10.8 Å². The van der Waals surface area contributed by atoms with Crippen molar-refractivity contribution in [3.63, 3.8) is 0 Å². The van der Waals surface area contributed by atoms with Gasteiger partial charge in [0.2, 0.25) is 0 Å². The maximum atomic E-state index is 6.14. The van der Waals surface area contributed by atoms with E-state index in [2.05, 4.69) is 0 Å². The van der Waals surface area contributed by atoms with Gasteiger partial charge in [-0.3, -0.25) is 0 Å². The second-order valence-corrected chi connectivity index (χ2v) is 8.88. The average molecular weight is 416 g/mol. The van der Waals surface area contributed by atoms with Gasteiger partial charge in [-0.1, -0.05) is 12.8 Å². The number of hydrogen-bond donors (Lipinski definition) is 0. The molecule has 0 atom stereocenters. The first-order valence-corrected chi connectivity index (χ1v) is 8.85. The topological polar surface area (TPSA) is 0 Å². The molecule has 0 N–H and O–H groups in total. The van der Waals surface area contributed by atoms with Gasteiger partial charge in [-0.05, 0) is 12.8 Å². The normalized spacial score (nSPS) is 23.3. The van der Waals surface area contributed by atoms with Crippen LogP contribution in [0.25, 0.3) is 0 Å². The Morgan fingerprint density at radius 3 is 0.889 bits per heavy atom. The molecule has 1 saturated carbocycles. The Morgan fingerprint density at radius 1 is 0.500 bits per heavy atom. The molecule has 0 heterocycles. The largest absolute Gasteiger partial charge is 0.116 e. The van der Waals surface area contributed by atoms with Crippen molar-refractivity contribution in [2.24, 2.45) is 10.8 Å². The van der Waals surface area contributed by atoms with Gasteiger partial charge >= 0.3 is 0 Å². The van der Waals surface area contributed by atoms with E-state index in [1.807, 2.05) is 0 Å². The van der Waals surface area contributed by atoms with E-state index in [1.165, 1.54) is 0 Å². The van der Waals surface area contributed by atoms with Crippen molar-refractivity contribution in [1.29, 1.82) is 0 Å². The standard InChI is InChI=1S/C10H12Cl8/c11-5(12)9(6(13)14)3-1-2-4-10(9,7(15)16)8(17)18/h5-8H,1-4H2. The van der Waals surface area contributed by atoms with Gasteiger partial charge in [0, 0.05) is 10.8 Å². The molecular formula is C10H12Cl8. The Balaban J connectivity index is 3.41. The summed E-state index contributed by atoms with van der Waals surface area (Å²) >= 11 is 49.1. The van der Waals surface area contributed by atoms with E-state index in [9.17, 15) is 0 Å². The van der Waals surface area contributed by atoms with Gasteiger partial charge in [-0.2, -0.15) is 0 Å². The van der Waals surface area contributed by atoms with E-state index < -0.39 is 30.2 Å². The fraction of sp³-hybridized carbons (Fsp3) is 1.00. The molecule has 0 radical (unpaired) electrons. The molecule has 0 unspecified atom stereocenters. The van der Waals surface area contributed by atoms with Gasteiger partial charge < -0.3 is 0 Å². The predicted molar refractivity (Wildman–Crippen MR) is 85.3 cm³/mol. The molecule has 0 aromatic rings. The van der Waals surface area contributed by atoms with Crippen molar-refractivity contribution >= 4 is 92.8 Å². The summed E-state index contributed by atoms with van der Waals surface area (Å²) in [4.78, 5) is -3.45. The van der Waals surface area contributed by atoms with Gasteiger partial charge in [-0.25, -0.2) is 0 Å². The van der Waals surface area contributed by atoms with E-state index in [-0.39, 0.29) is 0 Å². The molecule has 0 nitrogen and oxygen atoms in total. The highest BCUT2D eigenvalue weighted by molar-refractivity contribution is 6.52. The lowest BCUT2D eigenvalue weighted by molar-refractivity contribution is 0.0300. The van der Waals surface area contributed by atoms with Crippen LogP contribution < -0.4 is 0 Å². The summed E-state index contributed by atoms with van der Waals surface area (Å²) in [5.41, 5.74) is -1.86. The Hall–Kier alpha value is 2.32. The molecule has 0 aliphatic heterocycles. The smallest absolute Gasteiger partial charge is 0.105 e. The van der Waals surface area contributed by atoms with Crippen molar-refractivity contribution in [2.75, 3.05) is 0 Å². The Labute approximate surface area is 147 Å². The molecule has 0 spiro atoms. The summed E-state index contributed by atoms with van der Waals surface area (Å²) in [6.07, 6.45) is 2.89. The second-order valence-electron chi connectivity index (χ2n) is 4.49.